The molecule has 2 N–H and O–H groups in total. The van der Waals surface area contributed by atoms with Gasteiger partial charge in [0.1, 0.15) is 5.75 Å². The van der Waals surface area contributed by atoms with Crippen LogP contribution >= 0.6 is 11.6 Å². The van der Waals surface area contributed by atoms with Gasteiger partial charge in [-0.1, -0.05) is 23.7 Å². The van der Waals surface area contributed by atoms with Gasteiger partial charge in [-0.25, -0.2) is 0 Å². The summed E-state index contributed by atoms with van der Waals surface area (Å²) in [5.41, 5.74) is 4.42. The Balaban J connectivity index is 2.19. The number of hydrogen-bond acceptors (Lipinski definition) is 2. The fourth-order valence-corrected chi connectivity index (χ4v) is 1.42. The lowest BCUT2D eigenvalue weighted by molar-refractivity contribution is -0.126. The number of halogens is 1. The van der Waals surface area contributed by atoms with E-state index in [0.717, 1.165) is 0 Å². The van der Waals surface area contributed by atoms with E-state index in [9.17, 15) is 4.79 Å². The molecule has 0 spiro atoms. The average molecular weight is 212 g/mol. The summed E-state index contributed by atoms with van der Waals surface area (Å²) in [6.07, 6.45) is 1.35. The Bertz CT molecular complexity index is 374. The normalized spacial score (nSPS) is 17.5. The molecule has 74 valence electrons. The monoisotopic (exact) mass is 211 g/mol. The van der Waals surface area contributed by atoms with Crippen LogP contribution in [0.1, 0.15) is 12.8 Å². The number of carbonyl (C=O) groups is 1. The van der Waals surface area contributed by atoms with Crippen LogP contribution in [0.3, 0.4) is 0 Å². The molecule has 0 aromatic heterocycles. The van der Waals surface area contributed by atoms with Crippen LogP contribution in [-0.4, -0.2) is 11.5 Å². The lowest BCUT2D eigenvalue weighted by Crippen LogP contribution is -2.35. The number of rotatable bonds is 3. The summed E-state index contributed by atoms with van der Waals surface area (Å²) >= 11 is 5.89. The van der Waals surface area contributed by atoms with Gasteiger partial charge in [0.25, 0.3) is 5.91 Å². The van der Waals surface area contributed by atoms with Gasteiger partial charge in [-0.15, -0.1) is 0 Å². The van der Waals surface area contributed by atoms with Gasteiger partial charge in [0, 0.05) is 12.8 Å². The first-order valence-electron chi connectivity index (χ1n) is 4.37. The van der Waals surface area contributed by atoms with Crippen molar-refractivity contribution in [2.45, 2.75) is 18.4 Å². The fourth-order valence-electron chi connectivity index (χ4n) is 1.25. The highest BCUT2D eigenvalue weighted by molar-refractivity contribution is 6.32. The quantitative estimate of drug-likeness (QED) is 0.828. The molecule has 0 radical (unpaired) electrons. The number of primary amides is 1. The largest absolute Gasteiger partial charge is 0.476 e. The van der Waals surface area contributed by atoms with E-state index in [1.807, 2.05) is 0 Å². The summed E-state index contributed by atoms with van der Waals surface area (Å²) in [7, 11) is 0. The summed E-state index contributed by atoms with van der Waals surface area (Å²) in [5.74, 6) is 0.0999. The van der Waals surface area contributed by atoms with Gasteiger partial charge in [-0.3, -0.25) is 4.79 Å². The Morgan fingerprint density at radius 1 is 1.43 bits per heavy atom. The molecule has 0 bridgehead atoms. The Kier molecular flexibility index (Phi) is 2.11. The molecule has 3 nitrogen and oxygen atoms in total. The van der Waals surface area contributed by atoms with Crippen molar-refractivity contribution in [2.75, 3.05) is 0 Å². The summed E-state index contributed by atoms with van der Waals surface area (Å²) < 4.78 is 5.50. The second-order valence-corrected chi connectivity index (χ2v) is 3.80. The fraction of sp³-hybridized carbons (Fsp3) is 0.300. The third-order valence-electron chi connectivity index (χ3n) is 2.30. The van der Waals surface area contributed by atoms with E-state index in [4.69, 9.17) is 22.1 Å². The van der Waals surface area contributed by atoms with Gasteiger partial charge < -0.3 is 10.5 Å². The zero-order valence-electron chi connectivity index (χ0n) is 7.50. The Labute approximate surface area is 86.8 Å². The van der Waals surface area contributed by atoms with Crippen molar-refractivity contribution < 1.29 is 9.53 Å². The zero-order valence-corrected chi connectivity index (χ0v) is 8.25. The number of benzene rings is 1. The molecule has 1 aromatic rings. The standard InChI is InChI=1S/C10H10ClNO2/c11-7-3-1-2-4-8(7)14-10(5-6-10)9(12)13/h1-4H,5-6H2,(H2,12,13). The lowest BCUT2D eigenvalue weighted by atomic mass is 10.3. The van der Waals surface area contributed by atoms with Crippen LogP contribution < -0.4 is 10.5 Å². The van der Waals surface area contributed by atoms with Crippen LogP contribution in [0.4, 0.5) is 0 Å². The minimum absolute atomic E-state index is 0.419. The maximum Gasteiger partial charge on any atom is 0.261 e. The Morgan fingerprint density at radius 2 is 2.07 bits per heavy atom. The van der Waals surface area contributed by atoms with E-state index in [1.165, 1.54) is 0 Å². The molecule has 2 rings (SSSR count). The first-order valence-corrected chi connectivity index (χ1v) is 4.75. The lowest BCUT2D eigenvalue weighted by Gasteiger charge is -2.14. The maximum atomic E-state index is 11.1. The first-order chi connectivity index (χ1) is 6.64. The minimum Gasteiger partial charge on any atom is -0.476 e. The van der Waals surface area contributed by atoms with E-state index in [1.54, 1.807) is 24.3 Å². The number of amides is 1. The smallest absolute Gasteiger partial charge is 0.261 e. The molecule has 0 heterocycles. The SMILES string of the molecule is NC(=O)C1(Oc2ccccc2Cl)CC1. The summed E-state index contributed by atoms with van der Waals surface area (Å²) in [5, 5.41) is 0.500. The predicted molar refractivity (Wildman–Crippen MR) is 53.2 cm³/mol. The maximum absolute atomic E-state index is 11.1. The molecule has 1 aliphatic rings. The Hall–Kier alpha value is -1.22. The minimum atomic E-state index is -0.801. The molecule has 1 fully saturated rings. The van der Waals surface area contributed by atoms with E-state index < -0.39 is 11.5 Å². The first kappa shape index (κ1) is 9.34. The zero-order chi connectivity index (χ0) is 10.2. The van der Waals surface area contributed by atoms with Gasteiger partial charge in [0.05, 0.1) is 5.02 Å². The number of nitrogens with two attached hydrogens (primary N) is 1. The topological polar surface area (TPSA) is 52.3 Å². The van der Waals surface area contributed by atoms with E-state index >= 15 is 0 Å². The molecule has 4 heteroatoms. The van der Waals surface area contributed by atoms with Crippen molar-refractivity contribution >= 4 is 17.5 Å². The van der Waals surface area contributed by atoms with Crippen molar-refractivity contribution in [1.82, 2.24) is 0 Å². The molecule has 1 amide bonds. The summed E-state index contributed by atoms with van der Waals surface area (Å²) in [4.78, 5) is 11.1. The second-order valence-electron chi connectivity index (χ2n) is 3.39. The summed E-state index contributed by atoms with van der Waals surface area (Å²) in [6, 6.07) is 7.05. The van der Waals surface area contributed by atoms with Crippen LogP contribution in [0, 0.1) is 0 Å². The highest BCUT2D eigenvalue weighted by Crippen LogP contribution is 2.41. The van der Waals surface area contributed by atoms with Crippen molar-refractivity contribution in [3.05, 3.63) is 29.3 Å². The molecular formula is C10H10ClNO2. The Morgan fingerprint density at radius 3 is 2.57 bits per heavy atom. The van der Waals surface area contributed by atoms with Gasteiger partial charge in [0.2, 0.25) is 0 Å². The molecule has 1 aliphatic carbocycles. The van der Waals surface area contributed by atoms with Crippen LogP contribution in [0.25, 0.3) is 0 Å². The molecule has 1 aromatic carbocycles. The van der Waals surface area contributed by atoms with Gasteiger partial charge in [-0.05, 0) is 12.1 Å². The average Bonchev–Trinajstić information content (AvgIpc) is 2.90. The van der Waals surface area contributed by atoms with Gasteiger partial charge in [0.15, 0.2) is 5.60 Å². The predicted octanol–water partition coefficient (Wildman–Crippen LogP) is 1.74. The molecule has 0 unspecified atom stereocenters. The third kappa shape index (κ3) is 1.55. The summed E-state index contributed by atoms with van der Waals surface area (Å²) in [6.45, 7) is 0. The van der Waals surface area contributed by atoms with Crippen molar-refractivity contribution in [3.63, 3.8) is 0 Å². The molecule has 14 heavy (non-hydrogen) atoms. The number of carbonyl (C=O) groups excluding carboxylic acids is 1. The van der Waals surface area contributed by atoms with Crippen LogP contribution in [0.2, 0.25) is 5.02 Å². The van der Waals surface area contributed by atoms with Gasteiger partial charge in [-0.2, -0.15) is 0 Å². The van der Waals surface area contributed by atoms with E-state index in [2.05, 4.69) is 0 Å². The molecule has 0 atom stereocenters. The van der Waals surface area contributed by atoms with Crippen LogP contribution in [0.5, 0.6) is 5.75 Å². The number of para-hydroxylation sites is 1. The second kappa shape index (κ2) is 3.17. The van der Waals surface area contributed by atoms with Crippen LogP contribution in [0.15, 0.2) is 24.3 Å². The van der Waals surface area contributed by atoms with E-state index in [0.29, 0.717) is 23.6 Å². The van der Waals surface area contributed by atoms with Crippen molar-refractivity contribution in [3.8, 4) is 5.75 Å². The molecule has 0 saturated heterocycles. The van der Waals surface area contributed by atoms with Crippen molar-refractivity contribution in [1.29, 1.82) is 0 Å². The molecule has 1 saturated carbocycles. The highest BCUT2D eigenvalue weighted by Gasteiger charge is 2.51. The van der Waals surface area contributed by atoms with Crippen molar-refractivity contribution in [2.24, 2.45) is 5.73 Å². The van der Waals surface area contributed by atoms with E-state index in [-0.39, 0.29) is 0 Å². The molecular weight excluding hydrogens is 202 g/mol. The number of ether oxygens (including phenoxy) is 1. The van der Waals surface area contributed by atoms with Gasteiger partial charge >= 0.3 is 0 Å². The molecule has 0 aliphatic heterocycles. The third-order valence-corrected chi connectivity index (χ3v) is 2.61. The highest BCUT2D eigenvalue weighted by atomic mass is 35.5. The van der Waals surface area contributed by atoms with Crippen LogP contribution in [-0.2, 0) is 4.79 Å². The number of hydrogen-bond donors (Lipinski definition) is 1.